The van der Waals surface area contributed by atoms with Crippen LogP contribution in [0.1, 0.15) is 56.3 Å². The van der Waals surface area contributed by atoms with Gasteiger partial charge in [-0.1, -0.05) is 20.3 Å². The van der Waals surface area contributed by atoms with Gasteiger partial charge < -0.3 is 4.98 Å². The molecule has 5 rings (SSSR count). The van der Waals surface area contributed by atoms with Crippen LogP contribution in [-0.2, 0) is 13.1 Å². The maximum absolute atomic E-state index is 13.2. The summed E-state index contributed by atoms with van der Waals surface area (Å²) >= 11 is 0. The van der Waals surface area contributed by atoms with E-state index < -0.39 is 0 Å². The van der Waals surface area contributed by atoms with Gasteiger partial charge in [-0.2, -0.15) is 0 Å². The molecule has 0 saturated heterocycles. The Morgan fingerprint density at radius 3 is 2.57 bits per heavy atom. The van der Waals surface area contributed by atoms with Crippen molar-refractivity contribution in [3.05, 3.63) is 75.3 Å². The summed E-state index contributed by atoms with van der Waals surface area (Å²) in [4.78, 5) is 53.2. The SMILES string of the molecule is CCCCn1c(=O)c2[nH]c(-c3ccc(N(CC4CC4)C(=O)c4cccnc4)nc3)cc2n(CCC)c1=O. The molecule has 9 nitrogen and oxygen atoms in total. The molecule has 1 N–H and O–H groups in total. The fourth-order valence-electron chi connectivity index (χ4n) is 4.59. The van der Waals surface area contributed by atoms with Gasteiger partial charge in [0.15, 0.2) is 0 Å². The molecule has 1 aliphatic carbocycles. The van der Waals surface area contributed by atoms with Gasteiger partial charge in [0.05, 0.1) is 11.1 Å². The highest BCUT2D eigenvalue weighted by Crippen LogP contribution is 2.32. The molecule has 1 fully saturated rings. The maximum atomic E-state index is 13.2. The van der Waals surface area contributed by atoms with E-state index in [9.17, 15) is 14.4 Å². The number of aromatic amines is 1. The average molecular weight is 501 g/mol. The van der Waals surface area contributed by atoms with E-state index in [2.05, 4.69) is 15.0 Å². The van der Waals surface area contributed by atoms with Crippen molar-refractivity contribution in [2.75, 3.05) is 11.4 Å². The molecule has 1 amide bonds. The molecular weight excluding hydrogens is 468 g/mol. The number of aromatic nitrogens is 5. The van der Waals surface area contributed by atoms with Crippen LogP contribution in [0.15, 0.2) is 58.5 Å². The van der Waals surface area contributed by atoms with Crippen LogP contribution in [0.4, 0.5) is 5.82 Å². The smallest absolute Gasteiger partial charge is 0.331 e. The number of hydrogen-bond donors (Lipinski definition) is 1. The van der Waals surface area contributed by atoms with Gasteiger partial charge in [0.1, 0.15) is 11.3 Å². The van der Waals surface area contributed by atoms with Gasteiger partial charge in [0.2, 0.25) is 0 Å². The van der Waals surface area contributed by atoms with Crippen molar-refractivity contribution in [2.45, 2.75) is 59.0 Å². The van der Waals surface area contributed by atoms with Gasteiger partial charge >= 0.3 is 5.69 Å². The van der Waals surface area contributed by atoms with Gasteiger partial charge in [-0.05, 0) is 61.9 Å². The Morgan fingerprint density at radius 1 is 1.08 bits per heavy atom. The highest BCUT2D eigenvalue weighted by Gasteiger charge is 2.29. The highest BCUT2D eigenvalue weighted by molar-refractivity contribution is 6.05. The van der Waals surface area contributed by atoms with Crippen LogP contribution in [0.5, 0.6) is 0 Å². The monoisotopic (exact) mass is 500 g/mol. The summed E-state index contributed by atoms with van der Waals surface area (Å²) < 4.78 is 3.01. The Labute approximate surface area is 214 Å². The third kappa shape index (κ3) is 4.98. The molecule has 192 valence electrons. The van der Waals surface area contributed by atoms with E-state index in [1.54, 1.807) is 40.2 Å². The van der Waals surface area contributed by atoms with E-state index in [0.29, 0.717) is 53.7 Å². The summed E-state index contributed by atoms with van der Waals surface area (Å²) in [6.07, 6.45) is 9.58. The predicted octanol–water partition coefficient (Wildman–Crippen LogP) is 4.22. The molecule has 0 aliphatic heterocycles. The molecule has 37 heavy (non-hydrogen) atoms. The molecule has 1 aliphatic rings. The van der Waals surface area contributed by atoms with E-state index in [1.807, 2.05) is 32.0 Å². The zero-order valence-electron chi connectivity index (χ0n) is 21.3. The van der Waals surface area contributed by atoms with Crippen molar-refractivity contribution in [1.29, 1.82) is 0 Å². The van der Waals surface area contributed by atoms with Crippen molar-refractivity contribution in [3.8, 4) is 11.3 Å². The van der Waals surface area contributed by atoms with Crippen LogP contribution < -0.4 is 16.1 Å². The number of carbonyl (C=O) groups excluding carboxylic acids is 1. The first-order chi connectivity index (χ1) is 18.0. The highest BCUT2D eigenvalue weighted by atomic mass is 16.2. The second kappa shape index (κ2) is 10.5. The first-order valence-electron chi connectivity index (χ1n) is 13.1. The van der Waals surface area contributed by atoms with Gasteiger partial charge in [-0.15, -0.1) is 0 Å². The number of nitrogens with one attached hydrogen (secondary N) is 1. The van der Waals surface area contributed by atoms with Crippen LogP contribution >= 0.6 is 0 Å². The fourth-order valence-corrected chi connectivity index (χ4v) is 4.59. The molecule has 0 radical (unpaired) electrons. The fraction of sp³-hybridized carbons (Fsp3) is 0.393. The van der Waals surface area contributed by atoms with Gasteiger partial charge in [-0.25, -0.2) is 9.78 Å². The molecule has 4 heterocycles. The summed E-state index contributed by atoms with van der Waals surface area (Å²) in [7, 11) is 0. The number of nitrogens with zero attached hydrogens (tertiary/aromatic N) is 5. The number of amides is 1. The lowest BCUT2D eigenvalue weighted by Gasteiger charge is -2.21. The summed E-state index contributed by atoms with van der Waals surface area (Å²) in [6, 6.07) is 9.08. The number of H-pyrrole nitrogens is 1. The van der Waals surface area contributed by atoms with Crippen LogP contribution in [0.2, 0.25) is 0 Å². The first kappa shape index (κ1) is 24.7. The molecule has 0 bridgehead atoms. The lowest BCUT2D eigenvalue weighted by molar-refractivity contribution is 0.0984. The van der Waals surface area contributed by atoms with E-state index in [1.165, 1.54) is 4.57 Å². The molecular formula is C28H32N6O3. The third-order valence-corrected chi connectivity index (χ3v) is 6.82. The second-order valence-electron chi connectivity index (χ2n) is 9.69. The minimum Gasteiger partial charge on any atom is -0.349 e. The number of fused-ring (bicyclic) bond motifs is 1. The Hall–Kier alpha value is -4.01. The zero-order valence-corrected chi connectivity index (χ0v) is 21.3. The van der Waals surface area contributed by atoms with Crippen molar-refractivity contribution < 1.29 is 4.79 Å². The summed E-state index contributed by atoms with van der Waals surface area (Å²) in [5, 5.41) is 0. The van der Waals surface area contributed by atoms with Crippen molar-refractivity contribution in [2.24, 2.45) is 5.92 Å². The Bertz CT molecular complexity index is 1510. The predicted molar refractivity (Wildman–Crippen MR) is 144 cm³/mol. The maximum Gasteiger partial charge on any atom is 0.331 e. The second-order valence-corrected chi connectivity index (χ2v) is 9.69. The molecule has 4 aromatic rings. The number of carbonyl (C=O) groups is 1. The van der Waals surface area contributed by atoms with Gasteiger partial charge in [-0.3, -0.25) is 28.6 Å². The normalized spacial score (nSPS) is 13.2. The van der Waals surface area contributed by atoms with Crippen LogP contribution in [0.3, 0.4) is 0 Å². The third-order valence-electron chi connectivity index (χ3n) is 6.82. The number of anilines is 1. The molecule has 0 unspecified atom stereocenters. The minimum atomic E-state index is -0.297. The topological polar surface area (TPSA) is 106 Å². The van der Waals surface area contributed by atoms with E-state index >= 15 is 0 Å². The molecule has 0 aromatic carbocycles. The molecule has 1 saturated carbocycles. The van der Waals surface area contributed by atoms with Crippen LogP contribution in [0.25, 0.3) is 22.3 Å². The molecule has 4 aromatic heterocycles. The number of hydrogen-bond acceptors (Lipinski definition) is 5. The van der Waals surface area contributed by atoms with Crippen molar-refractivity contribution in [3.63, 3.8) is 0 Å². The number of pyridine rings is 2. The Kier molecular flexibility index (Phi) is 7.03. The van der Waals surface area contributed by atoms with E-state index in [-0.39, 0.29) is 17.2 Å². The molecule has 9 heteroatoms. The molecule has 0 atom stereocenters. The largest absolute Gasteiger partial charge is 0.349 e. The number of aryl methyl sites for hydroxylation is 1. The Morgan fingerprint density at radius 2 is 1.92 bits per heavy atom. The van der Waals surface area contributed by atoms with Crippen molar-refractivity contribution in [1.82, 2.24) is 24.1 Å². The number of rotatable bonds is 10. The zero-order chi connectivity index (χ0) is 25.9. The minimum absolute atomic E-state index is 0.123. The standard InChI is InChI=1S/C28H32N6O3/c1-3-5-14-33-27(36)25-23(32(13-4-2)28(33)37)15-22(31-25)20-10-11-24(30-17-20)34(18-19-8-9-19)26(35)21-7-6-12-29-16-21/h6-7,10-12,15-17,19,31H,3-5,8-9,13-14,18H2,1-2H3. The Balaban J connectivity index is 1.51. The van der Waals surface area contributed by atoms with Gasteiger partial charge in [0, 0.05) is 49.5 Å². The van der Waals surface area contributed by atoms with Gasteiger partial charge in [0.25, 0.3) is 11.5 Å². The number of unbranched alkanes of at least 4 members (excludes halogenated alkanes) is 1. The van der Waals surface area contributed by atoms with Crippen LogP contribution in [0, 0.1) is 5.92 Å². The van der Waals surface area contributed by atoms with Crippen LogP contribution in [-0.4, -0.2) is 36.5 Å². The lowest BCUT2D eigenvalue weighted by atomic mass is 10.2. The van der Waals surface area contributed by atoms with Crippen molar-refractivity contribution >= 4 is 22.8 Å². The summed E-state index contributed by atoms with van der Waals surface area (Å²) in [6.45, 7) is 5.60. The quantitative estimate of drug-likeness (QED) is 0.351. The molecule has 0 spiro atoms. The summed E-state index contributed by atoms with van der Waals surface area (Å²) in [5.41, 5.74) is 2.46. The van der Waals surface area contributed by atoms with E-state index in [4.69, 9.17) is 0 Å². The summed E-state index contributed by atoms with van der Waals surface area (Å²) in [5.74, 6) is 0.938. The first-order valence-corrected chi connectivity index (χ1v) is 13.1. The average Bonchev–Trinajstić information content (AvgIpc) is 3.65. The lowest BCUT2D eigenvalue weighted by Crippen LogP contribution is -2.40. The van der Waals surface area contributed by atoms with E-state index in [0.717, 1.165) is 37.7 Å².